The van der Waals surface area contributed by atoms with Crippen LogP contribution in [0.3, 0.4) is 0 Å². The lowest BCUT2D eigenvalue weighted by Crippen LogP contribution is -2.55. The highest BCUT2D eigenvalue weighted by Crippen LogP contribution is 2.70. The molecule has 5 aliphatic rings. The van der Waals surface area contributed by atoms with Crippen molar-refractivity contribution in [2.24, 2.45) is 23.7 Å². The first-order valence-electron chi connectivity index (χ1n) is 19.8. The van der Waals surface area contributed by atoms with Gasteiger partial charge in [-0.3, -0.25) is 0 Å². The smallest absolute Gasteiger partial charge is 0.0361 e. The third-order valence-electron chi connectivity index (χ3n) is 14.4. The molecule has 4 fully saturated rings. The van der Waals surface area contributed by atoms with E-state index in [2.05, 4.69) is 146 Å². The summed E-state index contributed by atoms with van der Waals surface area (Å²) in [4.78, 5) is 0. The van der Waals surface area contributed by atoms with E-state index in [1.807, 2.05) is 11.3 Å². The fourth-order valence-corrected chi connectivity index (χ4v) is 13.9. The van der Waals surface area contributed by atoms with Gasteiger partial charge in [-0.05, 0) is 151 Å². The molecule has 4 bridgehead atoms. The molecular weight excluding hydrogens is 657 g/mol. The largest absolute Gasteiger partial charge is 0.135 e. The van der Waals surface area contributed by atoms with Gasteiger partial charge in [0.1, 0.15) is 0 Å². The van der Waals surface area contributed by atoms with E-state index in [-0.39, 0.29) is 5.41 Å². The average Bonchev–Trinajstić information content (AvgIpc) is 3.72. The van der Waals surface area contributed by atoms with Gasteiger partial charge in [0.05, 0.1) is 0 Å². The Labute approximate surface area is 313 Å². The average molecular weight is 695 g/mol. The lowest BCUT2D eigenvalue weighted by atomic mass is 9.43. The Morgan fingerprint density at radius 1 is 0.415 bits per heavy atom. The second kappa shape index (κ2) is 10.5. The summed E-state index contributed by atoms with van der Waals surface area (Å²) < 4.78 is 2.71. The van der Waals surface area contributed by atoms with E-state index in [4.69, 9.17) is 0 Å². The third-order valence-corrected chi connectivity index (χ3v) is 15.5. The summed E-state index contributed by atoms with van der Waals surface area (Å²) in [5, 5.41) is 11.0. The number of hydrogen-bond acceptors (Lipinski definition) is 1. The summed E-state index contributed by atoms with van der Waals surface area (Å²) in [6, 6.07) is 56.3. The highest BCUT2D eigenvalue weighted by molar-refractivity contribution is 7.25. The highest BCUT2D eigenvalue weighted by atomic mass is 32.1. The standard InChI is InChI=1S/C52H38S/c1-2-10-37-32(9-1)17-22-45-38-20-18-33(28-46(38)52(51(37)45)35-24-30-23-31(26-35)27-36(52)25-30)49-41-12-3-5-14-43(41)50(44-15-6-4-13-42(44)49)34-19-21-40-39-11-7-8-16-47(39)53-48(40)29-34/h1-22,28-31,35-36H,23-27H2. The molecule has 0 N–H and O–H groups in total. The maximum absolute atomic E-state index is 2.70. The Bertz CT molecular complexity index is 2940. The van der Waals surface area contributed by atoms with Gasteiger partial charge in [-0.15, -0.1) is 11.3 Å². The van der Waals surface area contributed by atoms with Crippen LogP contribution < -0.4 is 0 Å². The minimum absolute atomic E-state index is 0.0974. The zero-order valence-electron chi connectivity index (χ0n) is 29.6. The van der Waals surface area contributed by atoms with Crippen LogP contribution in [0.15, 0.2) is 146 Å². The van der Waals surface area contributed by atoms with Crippen LogP contribution in [0, 0.1) is 23.7 Å². The van der Waals surface area contributed by atoms with Gasteiger partial charge in [-0.1, -0.05) is 127 Å². The zero-order chi connectivity index (χ0) is 34.4. The summed E-state index contributed by atoms with van der Waals surface area (Å²) in [7, 11) is 0. The Balaban J connectivity index is 1.08. The molecule has 0 unspecified atom stereocenters. The van der Waals surface area contributed by atoms with Crippen LogP contribution in [0.5, 0.6) is 0 Å². The van der Waals surface area contributed by atoms with Crippen molar-refractivity contribution in [3.8, 4) is 33.4 Å². The van der Waals surface area contributed by atoms with E-state index in [0.29, 0.717) is 0 Å². The molecule has 252 valence electrons. The van der Waals surface area contributed by atoms with Gasteiger partial charge in [0.2, 0.25) is 0 Å². The van der Waals surface area contributed by atoms with Gasteiger partial charge in [0.25, 0.3) is 0 Å². The highest BCUT2D eigenvalue weighted by Gasteiger charge is 2.62. The summed E-state index contributed by atoms with van der Waals surface area (Å²) in [6.45, 7) is 0. The zero-order valence-corrected chi connectivity index (χ0v) is 30.4. The number of hydrogen-bond donors (Lipinski definition) is 0. The molecule has 0 aliphatic heterocycles. The third kappa shape index (κ3) is 3.76. The molecule has 14 rings (SSSR count). The number of fused-ring (bicyclic) bond motifs is 10. The van der Waals surface area contributed by atoms with Gasteiger partial charge in [-0.2, -0.15) is 0 Å². The van der Waals surface area contributed by atoms with Crippen LogP contribution >= 0.6 is 11.3 Å². The molecule has 8 aromatic carbocycles. The Morgan fingerprint density at radius 3 is 1.62 bits per heavy atom. The molecule has 1 heterocycles. The lowest BCUT2D eigenvalue weighted by Gasteiger charge is -2.61. The molecule has 1 heteroatoms. The predicted octanol–water partition coefficient (Wildman–Crippen LogP) is 14.6. The van der Waals surface area contributed by atoms with Crippen molar-refractivity contribution < 1.29 is 0 Å². The summed E-state index contributed by atoms with van der Waals surface area (Å²) in [5.74, 6) is 3.28. The van der Waals surface area contributed by atoms with Gasteiger partial charge >= 0.3 is 0 Å². The second-order valence-electron chi connectivity index (χ2n) is 16.8. The number of rotatable bonds is 2. The van der Waals surface area contributed by atoms with Gasteiger partial charge in [0.15, 0.2) is 0 Å². The maximum atomic E-state index is 2.70. The normalized spacial score (nSPS) is 23.9. The van der Waals surface area contributed by atoms with Crippen LogP contribution in [0.1, 0.15) is 43.2 Å². The first kappa shape index (κ1) is 29.2. The van der Waals surface area contributed by atoms with E-state index < -0.39 is 0 Å². The molecule has 5 aliphatic carbocycles. The monoisotopic (exact) mass is 694 g/mol. The van der Waals surface area contributed by atoms with Crippen molar-refractivity contribution in [3.05, 3.63) is 157 Å². The lowest BCUT2D eigenvalue weighted by molar-refractivity contribution is -0.0393. The molecule has 4 saturated carbocycles. The van der Waals surface area contributed by atoms with Crippen molar-refractivity contribution in [2.45, 2.75) is 37.5 Å². The first-order valence-corrected chi connectivity index (χ1v) is 20.6. The van der Waals surface area contributed by atoms with Crippen molar-refractivity contribution >= 4 is 63.8 Å². The van der Waals surface area contributed by atoms with E-state index >= 15 is 0 Å². The van der Waals surface area contributed by atoms with Gasteiger partial charge < -0.3 is 0 Å². The number of benzene rings is 8. The van der Waals surface area contributed by atoms with Crippen molar-refractivity contribution in [2.75, 3.05) is 0 Å². The van der Waals surface area contributed by atoms with E-state index in [9.17, 15) is 0 Å². The Hall–Kier alpha value is -5.24. The number of thiophene rings is 1. The van der Waals surface area contributed by atoms with Crippen molar-refractivity contribution in [3.63, 3.8) is 0 Å². The molecule has 9 aromatic rings. The molecule has 0 saturated heterocycles. The topological polar surface area (TPSA) is 0 Å². The maximum Gasteiger partial charge on any atom is 0.0361 e. The molecule has 1 aromatic heterocycles. The van der Waals surface area contributed by atoms with Crippen LogP contribution in [-0.2, 0) is 5.41 Å². The molecular formula is C52H38S. The first-order chi connectivity index (χ1) is 26.2. The van der Waals surface area contributed by atoms with Crippen LogP contribution in [0.4, 0.5) is 0 Å². The van der Waals surface area contributed by atoms with Crippen molar-refractivity contribution in [1.82, 2.24) is 0 Å². The molecule has 1 spiro atoms. The molecule has 53 heavy (non-hydrogen) atoms. The molecule has 0 nitrogen and oxygen atoms in total. The Morgan fingerprint density at radius 2 is 0.943 bits per heavy atom. The summed E-state index contributed by atoms with van der Waals surface area (Å²) in [5.41, 5.74) is 11.8. The van der Waals surface area contributed by atoms with Crippen LogP contribution in [-0.4, -0.2) is 0 Å². The van der Waals surface area contributed by atoms with Crippen molar-refractivity contribution in [1.29, 1.82) is 0 Å². The second-order valence-corrected chi connectivity index (χ2v) is 17.9. The fourth-order valence-electron chi connectivity index (χ4n) is 12.8. The van der Waals surface area contributed by atoms with E-state index in [1.54, 1.807) is 11.1 Å². The summed E-state index contributed by atoms with van der Waals surface area (Å²) in [6.07, 6.45) is 7.04. The quantitative estimate of drug-likeness (QED) is 0.158. The Kier molecular flexibility index (Phi) is 5.77. The molecule has 0 radical (unpaired) electrons. The molecule has 0 amide bonds. The minimum atomic E-state index is 0.0974. The predicted molar refractivity (Wildman–Crippen MR) is 226 cm³/mol. The minimum Gasteiger partial charge on any atom is -0.135 e. The van der Waals surface area contributed by atoms with E-state index in [0.717, 1.165) is 23.7 Å². The van der Waals surface area contributed by atoms with E-state index in [1.165, 1.54) is 118 Å². The van der Waals surface area contributed by atoms with Crippen LogP contribution in [0.2, 0.25) is 0 Å². The van der Waals surface area contributed by atoms with Gasteiger partial charge in [-0.25, -0.2) is 0 Å². The van der Waals surface area contributed by atoms with Crippen LogP contribution in [0.25, 0.3) is 85.9 Å². The summed E-state index contributed by atoms with van der Waals surface area (Å²) >= 11 is 1.91. The van der Waals surface area contributed by atoms with Gasteiger partial charge in [0, 0.05) is 25.6 Å². The molecule has 0 atom stereocenters. The SMILES string of the molecule is c1ccc2c3c(ccc2c1)-c1ccc(-c2c4ccccc4c(-c4ccc5c(c4)sc4ccccc45)c4ccccc24)cc1C31C2CC3CC(C2)CC1C3. The fraction of sp³-hybridized carbons (Fsp3) is 0.192.